The fourth-order valence-electron chi connectivity index (χ4n) is 2.69. The number of nitrogens with one attached hydrogen (secondary N) is 3. The largest absolute Gasteiger partial charge is 0.481 e. The van der Waals surface area contributed by atoms with Crippen LogP contribution in [0.15, 0.2) is 0 Å². The van der Waals surface area contributed by atoms with E-state index in [0.29, 0.717) is 0 Å². The van der Waals surface area contributed by atoms with Gasteiger partial charge in [-0.2, -0.15) is 0 Å². The average molecular weight is 490 g/mol. The molecular weight excluding hydrogens is 460 g/mol. The lowest BCUT2D eigenvalue weighted by Crippen LogP contribution is -2.58. The maximum atomic E-state index is 12.6. The third-order valence-corrected chi connectivity index (χ3v) is 4.35. The second-order valence-corrected chi connectivity index (χ2v) is 7.89. The number of carboxylic acids is 4. The summed E-state index contributed by atoms with van der Waals surface area (Å²) < 4.78 is 0. The van der Waals surface area contributed by atoms with Crippen LogP contribution in [0, 0.1) is 5.92 Å². The van der Waals surface area contributed by atoms with Crippen molar-refractivity contribution in [1.29, 1.82) is 0 Å². The van der Waals surface area contributed by atoms with Crippen LogP contribution in [0.2, 0.25) is 0 Å². The fourth-order valence-corrected chi connectivity index (χ4v) is 2.69. The van der Waals surface area contributed by atoms with Crippen molar-refractivity contribution >= 4 is 41.6 Å². The van der Waals surface area contributed by atoms with Crippen molar-refractivity contribution in [3.8, 4) is 0 Å². The summed E-state index contributed by atoms with van der Waals surface area (Å²) in [5, 5.41) is 42.2. The van der Waals surface area contributed by atoms with E-state index in [4.69, 9.17) is 21.1 Å². The molecule has 0 aliphatic heterocycles. The van der Waals surface area contributed by atoms with Crippen molar-refractivity contribution in [3.05, 3.63) is 0 Å². The Bertz CT molecular complexity index is 799. The number of rotatable bonds is 16. The highest BCUT2D eigenvalue weighted by Crippen LogP contribution is 2.07. The van der Waals surface area contributed by atoms with Crippen molar-refractivity contribution < 1.29 is 54.0 Å². The lowest BCUT2D eigenvalue weighted by molar-refractivity contribution is -0.145. The Hall–Kier alpha value is -3.75. The quantitative estimate of drug-likeness (QED) is 0.114. The Labute approximate surface area is 194 Å². The van der Waals surface area contributed by atoms with Gasteiger partial charge in [0.25, 0.3) is 0 Å². The SMILES string of the molecule is CC(C)CC(NC(=O)C(CC(=O)O)NC(=O)C(CC(=O)O)NC(=O)C(N)CCC(=O)O)C(=O)O. The molecule has 4 atom stereocenters. The Morgan fingerprint density at radius 3 is 1.44 bits per heavy atom. The van der Waals surface area contributed by atoms with E-state index in [1.54, 1.807) is 13.8 Å². The molecule has 0 aromatic carbocycles. The molecule has 0 saturated heterocycles. The van der Waals surface area contributed by atoms with Crippen LogP contribution < -0.4 is 21.7 Å². The number of carboxylic acid groups (broad SMARTS) is 4. The van der Waals surface area contributed by atoms with Gasteiger partial charge in [0, 0.05) is 6.42 Å². The van der Waals surface area contributed by atoms with Crippen molar-refractivity contribution in [3.63, 3.8) is 0 Å². The van der Waals surface area contributed by atoms with Crippen molar-refractivity contribution in [2.45, 2.75) is 70.1 Å². The van der Waals surface area contributed by atoms with Crippen molar-refractivity contribution in [2.24, 2.45) is 11.7 Å². The molecule has 0 saturated carbocycles. The number of amides is 3. The predicted octanol–water partition coefficient (Wildman–Crippen LogP) is -2.29. The van der Waals surface area contributed by atoms with Crippen LogP contribution in [0.4, 0.5) is 0 Å². The third-order valence-electron chi connectivity index (χ3n) is 4.35. The summed E-state index contributed by atoms with van der Waals surface area (Å²) in [7, 11) is 0. The molecule has 0 radical (unpaired) electrons. The highest BCUT2D eigenvalue weighted by molar-refractivity contribution is 5.96. The zero-order valence-corrected chi connectivity index (χ0v) is 18.6. The molecule has 0 fully saturated rings. The van der Waals surface area contributed by atoms with Gasteiger partial charge in [0.2, 0.25) is 17.7 Å². The number of carbonyl (C=O) groups excluding carboxylic acids is 3. The highest BCUT2D eigenvalue weighted by Gasteiger charge is 2.32. The molecule has 192 valence electrons. The summed E-state index contributed by atoms with van der Waals surface area (Å²) in [4.78, 5) is 81.5. The zero-order chi connectivity index (χ0) is 26.6. The van der Waals surface area contributed by atoms with E-state index >= 15 is 0 Å². The lowest BCUT2D eigenvalue weighted by Gasteiger charge is -2.24. The van der Waals surface area contributed by atoms with Gasteiger partial charge in [0.15, 0.2) is 0 Å². The third kappa shape index (κ3) is 12.3. The van der Waals surface area contributed by atoms with Crippen LogP contribution >= 0.6 is 0 Å². The van der Waals surface area contributed by atoms with Gasteiger partial charge in [-0.1, -0.05) is 13.8 Å². The second kappa shape index (κ2) is 14.4. The maximum absolute atomic E-state index is 12.6. The molecule has 3 amide bonds. The summed E-state index contributed by atoms with van der Waals surface area (Å²) in [6, 6.07) is -6.32. The standard InChI is InChI=1S/C19H30N4O11/c1-8(2)5-12(19(33)34)23-18(32)11(7-15(28)29)22-17(31)10(6-14(26)27)21-16(30)9(20)3-4-13(24)25/h8-12H,3-7,20H2,1-2H3,(H,21,30)(H,22,31)(H,23,32)(H,24,25)(H,26,27)(H,28,29)(H,33,34). The fraction of sp³-hybridized carbons (Fsp3) is 0.632. The first-order valence-electron chi connectivity index (χ1n) is 10.2. The van der Waals surface area contributed by atoms with Crippen LogP contribution in [0.3, 0.4) is 0 Å². The molecule has 9 N–H and O–H groups in total. The zero-order valence-electron chi connectivity index (χ0n) is 18.6. The van der Waals surface area contributed by atoms with Gasteiger partial charge in [-0.3, -0.25) is 28.8 Å². The second-order valence-electron chi connectivity index (χ2n) is 7.89. The highest BCUT2D eigenvalue weighted by atomic mass is 16.4. The number of aliphatic carboxylic acids is 4. The topological polar surface area (TPSA) is 263 Å². The molecule has 15 nitrogen and oxygen atoms in total. The van der Waals surface area contributed by atoms with E-state index in [-0.39, 0.29) is 18.8 Å². The minimum absolute atomic E-state index is 0.0146. The van der Waals surface area contributed by atoms with Crippen LogP contribution in [0.25, 0.3) is 0 Å². The summed E-state index contributed by atoms with van der Waals surface area (Å²) in [5.41, 5.74) is 5.53. The van der Waals surface area contributed by atoms with E-state index in [0.717, 1.165) is 0 Å². The van der Waals surface area contributed by atoms with E-state index in [9.17, 15) is 38.7 Å². The van der Waals surface area contributed by atoms with Crippen molar-refractivity contribution in [2.75, 3.05) is 0 Å². The van der Waals surface area contributed by atoms with Gasteiger partial charge in [0.1, 0.15) is 18.1 Å². The van der Waals surface area contributed by atoms with Crippen LogP contribution in [-0.2, 0) is 33.6 Å². The Balaban J connectivity index is 5.52. The molecule has 0 aromatic heterocycles. The first kappa shape index (κ1) is 30.2. The van der Waals surface area contributed by atoms with Gasteiger partial charge >= 0.3 is 23.9 Å². The molecule has 4 unspecified atom stereocenters. The molecule has 0 aliphatic carbocycles. The maximum Gasteiger partial charge on any atom is 0.326 e. The minimum atomic E-state index is -1.78. The van der Waals surface area contributed by atoms with Crippen LogP contribution in [-0.4, -0.2) is 86.2 Å². The summed E-state index contributed by atoms with van der Waals surface area (Å²) in [5.74, 6) is -9.22. The number of hydrogen-bond acceptors (Lipinski definition) is 8. The van der Waals surface area contributed by atoms with E-state index in [2.05, 4.69) is 5.32 Å². The molecule has 0 rings (SSSR count). The van der Waals surface area contributed by atoms with E-state index < -0.39 is 85.0 Å². The Morgan fingerprint density at radius 1 is 0.676 bits per heavy atom. The number of hydrogen-bond donors (Lipinski definition) is 8. The van der Waals surface area contributed by atoms with Gasteiger partial charge in [-0.05, 0) is 18.8 Å². The summed E-state index contributed by atoms with van der Waals surface area (Å²) in [6.45, 7) is 3.39. The smallest absolute Gasteiger partial charge is 0.326 e. The Morgan fingerprint density at radius 2 is 1.09 bits per heavy atom. The van der Waals surface area contributed by atoms with E-state index in [1.807, 2.05) is 10.6 Å². The Kier molecular flexibility index (Phi) is 12.8. The lowest BCUT2D eigenvalue weighted by atomic mass is 10.0. The number of carbonyl (C=O) groups is 7. The van der Waals surface area contributed by atoms with Gasteiger partial charge in [0.05, 0.1) is 18.9 Å². The molecule has 0 bridgehead atoms. The van der Waals surface area contributed by atoms with Crippen LogP contribution in [0.1, 0.15) is 46.0 Å². The first-order chi connectivity index (χ1) is 15.6. The molecule has 15 heteroatoms. The molecule has 34 heavy (non-hydrogen) atoms. The summed E-state index contributed by atoms with van der Waals surface area (Å²) >= 11 is 0. The first-order valence-corrected chi connectivity index (χ1v) is 10.2. The molecule has 0 aromatic rings. The minimum Gasteiger partial charge on any atom is -0.481 e. The predicted molar refractivity (Wildman–Crippen MR) is 112 cm³/mol. The average Bonchev–Trinajstić information content (AvgIpc) is 2.68. The molecular formula is C19H30N4O11. The van der Waals surface area contributed by atoms with Gasteiger partial charge < -0.3 is 42.1 Å². The normalized spacial score (nSPS) is 14.2. The molecule has 0 heterocycles. The molecule has 0 spiro atoms. The van der Waals surface area contributed by atoms with Gasteiger partial charge in [-0.25, -0.2) is 4.79 Å². The van der Waals surface area contributed by atoms with Crippen molar-refractivity contribution in [1.82, 2.24) is 16.0 Å². The van der Waals surface area contributed by atoms with Gasteiger partial charge in [-0.15, -0.1) is 0 Å². The summed E-state index contributed by atoms with van der Waals surface area (Å²) in [6.07, 6.45) is -2.68. The monoisotopic (exact) mass is 490 g/mol. The number of nitrogens with two attached hydrogens (primary N) is 1. The molecule has 0 aliphatic rings. The van der Waals surface area contributed by atoms with Crippen LogP contribution in [0.5, 0.6) is 0 Å². The van der Waals surface area contributed by atoms with E-state index in [1.165, 1.54) is 0 Å².